The van der Waals surface area contributed by atoms with Gasteiger partial charge in [0.05, 0.1) is 4.92 Å². The molecule has 0 heterocycles. The van der Waals surface area contributed by atoms with Crippen LogP contribution in [0.25, 0.3) is 0 Å². The van der Waals surface area contributed by atoms with Crippen LogP contribution >= 0.6 is 0 Å². The summed E-state index contributed by atoms with van der Waals surface area (Å²) in [5, 5.41) is 13.9. The highest BCUT2D eigenvalue weighted by Gasteiger charge is 2.30. The van der Waals surface area contributed by atoms with Crippen LogP contribution in [0.4, 0.5) is 11.4 Å². The lowest BCUT2D eigenvalue weighted by Gasteiger charge is -2.17. The van der Waals surface area contributed by atoms with Crippen LogP contribution in [0.2, 0.25) is 0 Å². The summed E-state index contributed by atoms with van der Waals surface area (Å²) in [6.45, 7) is 0.563. The van der Waals surface area contributed by atoms with Gasteiger partial charge >= 0.3 is 0 Å². The van der Waals surface area contributed by atoms with Crippen molar-refractivity contribution in [2.75, 3.05) is 11.9 Å². The molecule has 5 heteroatoms. The van der Waals surface area contributed by atoms with Crippen LogP contribution in [0.3, 0.4) is 0 Å². The van der Waals surface area contributed by atoms with Crippen molar-refractivity contribution in [3.8, 4) is 0 Å². The molecule has 0 spiro atoms. The molecule has 1 aromatic carbocycles. The van der Waals surface area contributed by atoms with Crippen molar-refractivity contribution in [1.82, 2.24) is 0 Å². The number of rotatable bonds is 5. The van der Waals surface area contributed by atoms with Crippen LogP contribution in [-0.2, 0) is 0 Å². The fraction of sp³-hybridized carbons (Fsp3) is 0.455. The summed E-state index contributed by atoms with van der Waals surface area (Å²) in [6, 6.07) is 6.78. The highest BCUT2D eigenvalue weighted by Crippen LogP contribution is 2.34. The first-order valence-corrected chi connectivity index (χ1v) is 5.42. The van der Waals surface area contributed by atoms with Gasteiger partial charge in [-0.1, -0.05) is 6.07 Å². The molecule has 5 nitrogen and oxygen atoms in total. The fourth-order valence-corrected chi connectivity index (χ4v) is 1.79. The van der Waals surface area contributed by atoms with Gasteiger partial charge in [0.15, 0.2) is 0 Å². The molecule has 0 bridgehead atoms. The molecular formula is C11H15N3O2. The Kier molecular flexibility index (Phi) is 3.05. The topological polar surface area (TPSA) is 81.2 Å². The quantitative estimate of drug-likeness (QED) is 0.586. The predicted molar refractivity (Wildman–Crippen MR) is 62.3 cm³/mol. The van der Waals surface area contributed by atoms with Crippen molar-refractivity contribution >= 4 is 11.4 Å². The maximum atomic E-state index is 10.6. The zero-order valence-corrected chi connectivity index (χ0v) is 8.93. The van der Waals surface area contributed by atoms with E-state index in [0.29, 0.717) is 12.5 Å². The Morgan fingerprint density at radius 1 is 1.56 bits per heavy atom. The summed E-state index contributed by atoms with van der Waals surface area (Å²) in [7, 11) is 0. The van der Waals surface area contributed by atoms with E-state index in [0.717, 1.165) is 5.69 Å². The second-order valence-corrected chi connectivity index (χ2v) is 4.13. The summed E-state index contributed by atoms with van der Waals surface area (Å²) in [4.78, 5) is 10.2. The lowest BCUT2D eigenvalue weighted by molar-refractivity contribution is -0.384. The van der Waals surface area contributed by atoms with Gasteiger partial charge in [0.25, 0.3) is 5.69 Å². The van der Waals surface area contributed by atoms with Crippen LogP contribution in [0, 0.1) is 16.0 Å². The Morgan fingerprint density at radius 2 is 2.31 bits per heavy atom. The number of nitro groups is 1. The van der Waals surface area contributed by atoms with Gasteiger partial charge in [-0.25, -0.2) is 0 Å². The summed E-state index contributed by atoms with van der Waals surface area (Å²) in [6.07, 6.45) is 2.40. The highest BCUT2D eigenvalue weighted by molar-refractivity contribution is 5.51. The van der Waals surface area contributed by atoms with Crippen molar-refractivity contribution < 1.29 is 4.92 Å². The first-order valence-electron chi connectivity index (χ1n) is 5.42. The number of nitrogens with zero attached hydrogens (tertiary/aromatic N) is 1. The van der Waals surface area contributed by atoms with Crippen molar-refractivity contribution in [2.24, 2.45) is 11.7 Å². The van der Waals surface area contributed by atoms with Crippen LogP contribution in [0.15, 0.2) is 24.3 Å². The zero-order chi connectivity index (χ0) is 11.5. The van der Waals surface area contributed by atoms with Crippen molar-refractivity contribution in [2.45, 2.75) is 18.9 Å². The van der Waals surface area contributed by atoms with E-state index in [2.05, 4.69) is 5.32 Å². The largest absolute Gasteiger partial charge is 0.381 e. The molecule has 0 radical (unpaired) electrons. The summed E-state index contributed by atoms with van der Waals surface area (Å²) < 4.78 is 0. The SMILES string of the molecule is NCC(Nc1cccc([N+](=O)[O-])c1)C1CC1. The van der Waals surface area contributed by atoms with E-state index in [1.54, 1.807) is 12.1 Å². The first-order chi connectivity index (χ1) is 7.70. The number of nitrogens with one attached hydrogen (secondary N) is 1. The molecule has 1 unspecified atom stereocenters. The van der Waals surface area contributed by atoms with E-state index >= 15 is 0 Å². The van der Waals surface area contributed by atoms with Gasteiger partial charge in [0.1, 0.15) is 0 Å². The summed E-state index contributed by atoms with van der Waals surface area (Å²) in [5.74, 6) is 0.629. The Labute approximate surface area is 93.8 Å². The normalized spacial score (nSPS) is 16.8. The number of nitro benzene ring substituents is 1. The number of benzene rings is 1. The lowest BCUT2D eigenvalue weighted by atomic mass is 10.1. The maximum Gasteiger partial charge on any atom is 0.271 e. The third kappa shape index (κ3) is 2.49. The van der Waals surface area contributed by atoms with Crippen LogP contribution in [-0.4, -0.2) is 17.5 Å². The Bertz CT molecular complexity index is 391. The molecule has 0 aromatic heterocycles. The van der Waals surface area contributed by atoms with Crippen LogP contribution < -0.4 is 11.1 Å². The van der Waals surface area contributed by atoms with Gasteiger partial charge in [-0.3, -0.25) is 10.1 Å². The minimum Gasteiger partial charge on any atom is -0.381 e. The minimum absolute atomic E-state index is 0.108. The average Bonchev–Trinajstić information content (AvgIpc) is 3.10. The first kappa shape index (κ1) is 10.9. The summed E-state index contributed by atoms with van der Waals surface area (Å²) in [5.41, 5.74) is 6.55. The number of anilines is 1. The number of nitrogens with two attached hydrogens (primary N) is 1. The Morgan fingerprint density at radius 3 is 2.88 bits per heavy atom. The smallest absolute Gasteiger partial charge is 0.271 e. The Hall–Kier alpha value is -1.62. The van der Waals surface area contributed by atoms with E-state index in [1.807, 2.05) is 6.07 Å². The third-order valence-electron chi connectivity index (χ3n) is 2.85. The van der Waals surface area contributed by atoms with E-state index in [1.165, 1.54) is 18.9 Å². The molecule has 86 valence electrons. The van der Waals surface area contributed by atoms with Gasteiger partial charge in [-0.05, 0) is 24.8 Å². The maximum absolute atomic E-state index is 10.6. The molecule has 2 rings (SSSR count). The molecule has 1 saturated carbocycles. The molecule has 1 aliphatic carbocycles. The van der Waals surface area contributed by atoms with Gasteiger partial charge < -0.3 is 11.1 Å². The zero-order valence-electron chi connectivity index (χ0n) is 8.93. The van der Waals surface area contributed by atoms with Gasteiger partial charge in [-0.15, -0.1) is 0 Å². The molecule has 0 saturated heterocycles. The molecular weight excluding hydrogens is 206 g/mol. The molecule has 0 amide bonds. The molecule has 3 N–H and O–H groups in total. The number of hydrogen-bond acceptors (Lipinski definition) is 4. The molecule has 1 atom stereocenters. The van der Waals surface area contributed by atoms with E-state index in [4.69, 9.17) is 5.73 Å². The minimum atomic E-state index is -0.389. The summed E-state index contributed by atoms with van der Waals surface area (Å²) >= 11 is 0. The molecule has 16 heavy (non-hydrogen) atoms. The average molecular weight is 221 g/mol. The van der Waals surface area contributed by atoms with Gasteiger partial charge in [0, 0.05) is 30.4 Å². The molecule has 0 aliphatic heterocycles. The number of non-ortho nitro benzene ring substituents is 1. The van der Waals surface area contributed by atoms with Crippen molar-refractivity contribution in [3.63, 3.8) is 0 Å². The molecule has 1 fully saturated rings. The van der Waals surface area contributed by atoms with Crippen LogP contribution in [0.5, 0.6) is 0 Å². The highest BCUT2D eigenvalue weighted by atomic mass is 16.6. The molecule has 1 aliphatic rings. The second-order valence-electron chi connectivity index (χ2n) is 4.13. The fourth-order valence-electron chi connectivity index (χ4n) is 1.79. The monoisotopic (exact) mass is 221 g/mol. The second kappa shape index (κ2) is 4.49. The predicted octanol–water partition coefficient (Wildman–Crippen LogP) is 1.74. The standard InChI is InChI=1S/C11H15N3O2/c12-7-11(8-4-5-8)13-9-2-1-3-10(6-9)14(15)16/h1-3,6,8,11,13H,4-5,7,12H2. The lowest BCUT2D eigenvalue weighted by Crippen LogP contribution is -2.30. The van der Waals surface area contributed by atoms with E-state index < -0.39 is 0 Å². The third-order valence-corrected chi connectivity index (χ3v) is 2.85. The Balaban J connectivity index is 2.07. The van der Waals surface area contributed by atoms with E-state index in [-0.39, 0.29) is 16.7 Å². The number of hydrogen-bond donors (Lipinski definition) is 2. The van der Waals surface area contributed by atoms with Crippen molar-refractivity contribution in [3.05, 3.63) is 34.4 Å². The van der Waals surface area contributed by atoms with Gasteiger partial charge in [-0.2, -0.15) is 0 Å². The molecule has 1 aromatic rings. The van der Waals surface area contributed by atoms with Crippen LogP contribution in [0.1, 0.15) is 12.8 Å². The van der Waals surface area contributed by atoms with Gasteiger partial charge in [0.2, 0.25) is 0 Å². The van der Waals surface area contributed by atoms with E-state index in [9.17, 15) is 10.1 Å². The van der Waals surface area contributed by atoms with Crippen molar-refractivity contribution in [1.29, 1.82) is 0 Å².